The Morgan fingerprint density at radius 1 is 1.09 bits per heavy atom. The number of amides is 2. The van der Waals surface area contributed by atoms with Gasteiger partial charge in [-0.3, -0.25) is 9.59 Å². The first kappa shape index (κ1) is 24.2. The van der Waals surface area contributed by atoms with Gasteiger partial charge in [-0.15, -0.1) is 11.3 Å². The second-order valence-electron chi connectivity index (χ2n) is 8.83. The molecule has 0 spiro atoms. The number of piperidine rings is 1. The third-order valence-corrected chi connectivity index (χ3v) is 7.36. The number of nitrogens with one attached hydrogen (secondary N) is 2. The molecule has 2 amide bonds. The van der Waals surface area contributed by atoms with E-state index in [4.69, 9.17) is 0 Å². The standard InChI is InChI=1S/C26H33N5O2S/c1-19-25(20(2)31(29-19)22-7-4-3-5-8-22)28-24(32)13-17-30-15-11-21(12-16-30)26(33)27-14-10-23-9-6-18-34-23/h3-9,18,21H,10-17H2,1-2H3,(H,27,33)(H,28,32). The summed E-state index contributed by atoms with van der Waals surface area (Å²) in [6.07, 6.45) is 3.00. The van der Waals surface area contributed by atoms with Crippen molar-refractivity contribution in [3.8, 4) is 5.69 Å². The highest BCUT2D eigenvalue weighted by Gasteiger charge is 2.25. The van der Waals surface area contributed by atoms with Crippen LogP contribution in [0.15, 0.2) is 47.8 Å². The summed E-state index contributed by atoms with van der Waals surface area (Å²) in [4.78, 5) is 28.7. The summed E-state index contributed by atoms with van der Waals surface area (Å²) in [5.74, 6) is 0.227. The van der Waals surface area contributed by atoms with E-state index in [0.717, 1.165) is 55.1 Å². The van der Waals surface area contributed by atoms with Gasteiger partial charge < -0.3 is 15.5 Å². The molecule has 2 aromatic heterocycles. The average Bonchev–Trinajstić information content (AvgIpc) is 3.47. The molecule has 1 fully saturated rings. The minimum atomic E-state index is -0.00717. The third-order valence-electron chi connectivity index (χ3n) is 6.42. The molecule has 180 valence electrons. The molecule has 4 rings (SSSR count). The van der Waals surface area contributed by atoms with Crippen molar-refractivity contribution in [1.82, 2.24) is 20.0 Å². The molecular formula is C26H33N5O2S. The van der Waals surface area contributed by atoms with Crippen LogP contribution in [-0.2, 0) is 16.0 Å². The minimum absolute atomic E-state index is 0.00717. The van der Waals surface area contributed by atoms with Crippen molar-refractivity contribution in [1.29, 1.82) is 0 Å². The molecule has 3 aromatic rings. The molecule has 0 atom stereocenters. The number of aryl methyl sites for hydroxylation is 1. The van der Waals surface area contributed by atoms with E-state index in [2.05, 4.69) is 32.1 Å². The minimum Gasteiger partial charge on any atom is -0.355 e. The molecular weight excluding hydrogens is 446 g/mol. The van der Waals surface area contributed by atoms with Crippen LogP contribution in [0.1, 0.15) is 35.5 Å². The molecule has 8 heteroatoms. The summed E-state index contributed by atoms with van der Waals surface area (Å²) >= 11 is 1.72. The number of benzene rings is 1. The Kier molecular flexibility index (Phi) is 8.13. The maximum atomic E-state index is 12.7. The Morgan fingerprint density at radius 3 is 2.56 bits per heavy atom. The Labute approximate surface area is 205 Å². The maximum absolute atomic E-state index is 12.7. The van der Waals surface area contributed by atoms with E-state index in [0.29, 0.717) is 19.5 Å². The number of carbonyl (C=O) groups is 2. The van der Waals surface area contributed by atoms with E-state index in [1.165, 1.54) is 4.88 Å². The van der Waals surface area contributed by atoms with Crippen molar-refractivity contribution in [2.24, 2.45) is 5.92 Å². The first-order valence-corrected chi connectivity index (χ1v) is 12.8. The molecule has 1 aliphatic heterocycles. The zero-order valence-electron chi connectivity index (χ0n) is 19.9. The fraction of sp³-hybridized carbons (Fsp3) is 0.423. The zero-order valence-corrected chi connectivity index (χ0v) is 20.7. The monoisotopic (exact) mass is 479 g/mol. The van der Waals surface area contributed by atoms with Crippen LogP contribution in [0.3, 0.4) is 0 Å². The molecule has 1 aromatic carbocycles. The Balaban J connectivity index is 1.19. The fourth-order valence-electron chi connectivity index (χ4n) is 4.43. The van der Waals surface area contributed by atoms with Crippen LogP contribution in [0.2, 0.25) is 0 Å². The van der Waals surface area contributed by atoms with Crippen LogP contribution in [0.5, 0.6) is 0 Å². The predicted molar refractivity (Wildman–Crippen MR) is 136 cm³/mol. The van der Waals surface area contributed by atoms with E-state index < -0.39 is 0 Å². The van der Waals surface area contributed by atoms with E-state index in [1.807, 2.05) is 54.9 Å². The number of nitrogens with zero attached hydrogens (tertiary/aromatic N) is 3. The second kappa shape index (κ2) is 11.4. The zero-order chi connectivity index (χ0) is 23.9. The van der Waals surface area contributed by atoms with Gasteiger partial charge in [-0.1, -0.05) is 24.3 Å². The molecule has 2 N–H and O–H groups in total. The van der Waals surface area contributed by atoms with Gasteiger partial charge in [0.1, 0.15) is 0 Å². The highest BCUT2D eigenvalue weighted by atomic mass is 32.1. The third kappa shape index (κ3) is 6.12. The Bertz CT molecular complexity index is 1090. The summed E-state index contributed by atoms with van der Waals surface area (Å²) in [6.45, 7) is 6.97. The smallest absolute Gasteiger partial charge is 0.225 e. The molecule has 0 aliphatic carbocycles. The number of thiophene rings is 1. The Hall–Kier alpha value is -2.97. The number of hydrogen-bond acceptors (Lipinski definition) is 5. The van der Waals surface area contributed by atoms with E-state index in [9.17, 15) is 9.59 Å². The first-order chi connectivity index (χ1) is 16.5. The van der Waals surface area contributed by atoms with Gasteiger partial charge in [0.05, 0.1) is 22.8 Å². The molecule has 0 saturated carbocycles. The van der Waals surface area contributed by atoms with E-state index >= 15 is 0 Å². The lowest BCUT2D eigenvalue weighted by molar-refractivity contribution is -0.126. The van der Waals surface area contributed by atoms with Crippen LogP contribution < -0.4 is 10.6 Å². The summed E-state index contributed by atoms with van der Waals surface area (Å²) in [5, 5.41) is 12.8. The van der Waals surface area contributed by atoms with Gasteiger partial charge in [0, 0.05) is 30.3 Å². The number of hydrogen-bond donors (Lipinski definition) is 2. The van der Waals surface area contributed by atoms with Gasteiger partial charge in [0.15, 0.2) is 0 Å². The lowest BCUT2D eigenvalue weighted by Crippen LogP contribution is -2.41. The SMILES string of the molecule is Cc1nn(-c2ccccc2)c(C)c1NC(=O)CCN1CCC(C(=O)NCCc2cccs2)CC1. The maximum Gasteiger partial charge on any atom is 0.225 e. The van der Waals surface area contributed by atoms with Crippen molar-refractivity contribution in [3.05, 3.63) is 64.1 Å². The highest BCUT2D eigenvalue weighted by Crippen LogP contribution is 2.23. The van der Waals surface area contributed by atoms with Crippen molar-refractivity contribution in [2.75, 3.05) is 31.5 Å². The van der Waals surface area contributed by atoms with Crippen LogP contribution >= 0.6 is 11.3 Å². The van der Waals surface area contributed by atoms with E-state index in [1.54, 1.807) is 11.3 Å². The van der Waals surface area contributed by atoms with Crippen LogP contribution in [0, 0.1) is 19.8 Å². The highest BCUT2D eigenvalue weighted by molar-refractivity contribution is 7.09. The largest absolute Gasteiger partial charge is 0.355 e. The summed E-state index contributed by atoms with van der Waals surface area (Å²) in [5.41, 5.74) is 3.48. The number of anilines is 1. The predicted octanol–water partition coefficient (Wildman–Crippen LogP) is 3.95. The topological polar surface area (TPSA) is 79.3 Å². The summed E-state index contributed by atoms with van der Waals surface area (Å²) in [6, 6.07) is 14.1. The number of para-hydroxylation sites is 1. The normalized spacial score (nSPS) is 14.8. The molecule has 0 unspecified atom stereocenters. The van der Waals surface area contributed by atoms with Crippen molar-refractivity contribution in [2.45, 2.75) is 39.5 Å². The van der Waals surface area contributed by atoms with Gasteiger partial charge >= 0.3 is 0 Å². The van der Waals surface area contributed by atoms with Gasteiger partial charge in [0.2, 0.25) is 11.8 Å². The molecule has 0 bridgehead atoms. The van der Waals surface area contributed by atoms with Crippen molar-refractivity contribution >= 4 is 28.8 Å². The van der Waals surface area contributed by atoms with E-state index in [-0.39, 0.29) is 17.7 Å². The van der Waals surface area contributed by atoms with Gasteiger partial charge in [-0.05, 0) is 69.8 Å². The van der Waals surface area contributed by atoms with Crippen LogP contribution in [0.4, 0.5) is 5.69 Å². The number of likely N-dealkylation sites (tertiary alicyclic amines) is 1. The molecule has 1 saturated heterocycles. The number of rotatable bonds is 9. The van der Waals surface area contributed by atoms with Crippen LogP contribution in [-0.4, -0.2) is 52.7 Å². The molecule has 34 heavy (non-hydrogen) atoms. The molecule has 1 aliphatic rings. The number of carbonyl (C=O) groups excluding carboxylic acids is 2. The van der Waals surface area contributed by atoms with Gasteiger partial charge in [-0.2, -0.15) is 5.10 Å². The molecule has 0 radical (unpaired) electrons. The lowest BCUT2D eigenvalue weighted by Gasteiger charge is -2.31. The number of aromatic nitrogens is 2. The quantitative estimate of drug-likeness (QED) is 0.487. The van der Waals surface area contributed by atoms with Crippen molar-refractivity contribution < 1.29 is 9.59 Å². The fourth-order valence-corrected chi connectivity index (χ4v) is 5.14. The van der Waals surface area contributed by atoms with Crippen molar-refractivity contribution in [3.63, 3.8) is 0 Å². The summed E-state index contributed by atoms with van der Waals surface area (Å²) in [7, 11) is 0. The van der Waals surface area contributed by atoms with Gasteiger partial charge in [-0.25, -0.2) is 4.68 Å². The average molecular weight is 480 g/mol. The van der Waals surface area contributed by atoms with Crippen LogP contribution in [0.25, 0.3) is 5.69 Å². The summed E-state index contributed by atoms with van der Waals surface area (Å²) < 4.78 is 1.86. The first-order valence-electron chi connectivity index (χ1n) is 11.9. The molecule has 3 heterocycles. The Morgan fingerprint density at radius 2 is 1.85 bits per heavy atom. The van der Waals surface area contributed by atoms with Gasteiger partial charge in [0.25, 0.3) is 0 Å². The molecule has 7 nitrogen and oxygen atoms in total. The second-order valence-corrected chi connectivity index (χ2v) is 9.86. The lowest BCUT2D eigenvalue weighted by atomic mass is 9.95.